The zero-order valence-electron chi connectivity index (χ0n) is 12.7. The fourth-order valence-electron chi connectivity index (χ4n) is 2.65. The fraction of sp³-hybridized carbons (Fsp3) is 0.857. The quantitative estimate of drug-likeness (QED) is 0.600. The van der Waals surface area contributed by atoms with Crippen molar-refractivity contribution < 1.29 is 14.7 Å². The maximum absolute atomic E-state index is 11.8. The van der Waals surface area contributed by atoms with E-state index < -0.39 is 17.7 Å². The van der Waals surface area contributed by atoms with Gasteiger partial charge in [-0.1, -0.05) is 19.8 Å². The maximum atomic E-state index is 11.8. The van der Waals surface area contributed by atoms with E-state index in [0.29, 0.717) is 19.0 Å². The van der Waals surface area contributed by atoms with E-state index in [9.17, 15) is 14.7 Å². The highest BCUT2D eigenvalue weighted by molar-refractivity contribution is 5.96. The van der Waals surface area contributed by atoms with Gasteiger partial charge in [-0.15, -0.1) is 0 Å². The fourth-order valence-corrected chi connectivity index (χ4v) is 2.65. The molecule has 0 aromatic rings. The number of rotatable bonds is 5. The number of urea groups is 1. The number of amides is 3. The Morgan fingerprint density at radius 3 is 2.75 bits per heavy atom. The summed E-state index contributed by atoms with van der Waals surface area (Å²) in [6, 6.07) is -1.00. The van der Waals surface area contributed by atoms with Crippen LogP contribution < -0.4 is 16.0 Å². The molecule has 0 aliphatic heterocycles. The number of carbonyl (C=O) groups is 2. The van der Waals surface area contributed by atoms with Crippen LogP contribution in [0.2, 0.25) is 0 Å². The van der Waals surface area contributed by atoms with Crippen molar-refractivity contribution >= 4 is 11.9 Å². The van der Waals surface area contributed by atoms with Crippen LogP contribution >= 0.6 is 0 Å². The van der Waals surface area contributed by atoms with E-state index in [1.54, 1.807) is 13.8 Å². The summed E-state index contributed by atoms with van der Waals surface area (Å²) in [4.78, 5) is 23.0. The minimum absolute atomic E-state index is 0.376. The summed E-state index contributed by atoms with van der Waals surface area (Å²) >= 11 is 0. The van der Waals surface area contributed by atoms with Gasteiger partial charge in [-0.25, -0.2) is 4.79 Å². The molecule has 1 aliphatic carbocycles. The molecule has 0 aromatic carbocycles. The summed E-state index contributed by atoms with van der Waals surface area (Å²) in [5.41, 5.74) is -0.738. The largest absolute Gasteiger partial charge is 0.389 e. The monoisotopic (exact) mass is 285 g/mol. The standard InChI is InChI=1S/C14H27N3O3/c1-4-15-13(19)17-12(18)11(3)16-9-14(20)7-5-6-10(2)8-14/h10-11,16,20H,4-9H2,1-3H3,(H2,15,17,18,19). The average molecular weight is 285 g/mol. The van der Waals surface area contributed by atoms with Crippen LogP contribution in [-0.4, -0.2) is 41.8 Å². The van der Waals surface area contributed by atoms with Crippen LogP contribution in [0.4, 0.5) is 4.79 Å². The lowest BCUT2D eigenvalue weighted by Gasteiger charge is -2.36. The predicted octanol–water partition coefficient (Wildman–Crippen LogP) is 0.751. The van der Waals surface area contributed by atoms with Crippen molar-refractivity contribution in [2.24, 2.45) is 5.92 Å². The van der Waals surface area contributed by atoms with Crippen LogP contribution in [-0.2, 0) is 4.79 Å². The summed E-state index contributed by atoms with van der Waals surface area (Å²) in [7, 11) is 0. The molecule has 1 rings (SSSR count). The zero-order chi connectivity index (χ0) is 15.2. The summed E-state index contributed by atoms with van der Waals surface area (Å²) < 4.78 is 0. The van der Waals surface area contributed by atoms with Crippen LogP contribution in [0.15, 0.2) is 0 Å². The van der Waals surface area contributed by atoms with Crippen molar-refractivity contribution in [2.75, 3.05) is 13.1 Å². The number of imide groups is 1. The van der Waals surface area contributed by atoms with Crippen molar-refractivity contribution in [3.05, 3.63) is 0 Å². The molecule has 4 N–H and O–H groups in total. The predicted molar refractivity (Wildman–Crippen MR) is 77.3 cm³/mol. The smallest absolute Gasteiger partial charge is 0.321 e. The molecule has 1 fully saturated rings. The molecule has 1 aliphatic rings. The van der Waals surface area contributed by atoms with E-state index in [2.05, 4.69) is 22.9 Å². The number of carbonyl (C=O) groups excluding carboxylic acids is 2. The van der Waals surface area contributed by atoms with Crippen molar-refractivity contribution in [1.82, 2.24) is 16.0 Å². The highest BCUT2D eigenvalue weighted by atomic mass is 16.3. The SMILES string of the molecule is CCNC(=O)NC(=O)C(C)NCC1(O)CCCC(C)C1. The second-order valence-electron chi connectivity index (χ2n) is 5.88. The van der Waals surface area contributed by atoms with E-state index in [4.69, 9.17) is 0 Å². The van der Waals surface area contributed by atoms with E-state index >= 15 is 0 Å². The van der Waals surface area contributed by atoms with E-state index in [1.165, 1.54) is 0 Å². The van der Waals surface area contributed by atoms with E-state index in [0.717, 1.165) is 25.7 Å². The number of aliphatic hydroxyl groups is 1. The molecule has 0 saturated heterocycles. The molecule has 6 heteroatoms. The van der Waals surface area contributed by atoms with Crippen molar-refractivity contribution in [2.45, 2.75) is 58.1 Å². The first-order valence-corrected chi connectivity index (χ1v) is 7.41. The summed E-state index contributed by atoms with van der Waals surface area (Å²) in [6.07, 6.45) is 3.67. The summed E-state index contributed by atoms with van der Waals surface area (Å²) in [5.74, 6) is 0.124. The van der Waals surface area contributed by atoms with Gasteiger partial charge in [0.15, 0.2) is 0 Å². The molecular weight excluding hydrogens is 258 g/mol. The normalized spacial score (nSPS) is 27.7. The first-order chi connectivity index (χ1) is 9.36. The van der Waals surface area contributed by atoms with Gasteiger partial charge >= 0.3 is 6.03 Å². The molecule has 0 radical (unpaired) electrons. The Morgan fingerprint density at radius 2 is 2.15 bits per heavy atom. The van der Waals surface area contributed by atoms with E-state index in [-0.39, 0.29) is 5.91 Å². The van der Waals surface area contributed by atoms with Crippen LogP contribution in [0.25, 0.3) is 0 Å². The van der Waals surface area contributed by atoms with Gasteiger partial charge in [0.05, 0.1) is 11.6 Å². The Hall–Kier alpha value is -1.14. The van der Waals surface area contributed by atoms with Gasteiger partial charge in [-0.05, 0) is 32.6 Å². The summed E-state index contributed by atoms with van der Waals surface area (Å²) in [6.45, 7) is 6.45. The average Bonchev–Trinajstić information content (AvgIpc) is 2.36. The highest BCUT2D eigenvalue weighted by Crippen LogP contribution is 2.31. The van der Waals surface area contributed by atoms with Crippen LogP contribution in [0.3, 0.4) is 0 Å². The van der Waals surface area contributed by atoms with Gasteiger partial charge < -0.3 is 15.7 Å². The number of hydrogen-bond donors (Lipinski definition) is 4. The Morgan fingerprint density at radius 1 is 1.45 bits per heavy atom. The van der Waals surface area contributed by atoms with Crippen LogP contribution in [0.5, 0.6) is 0 Å². The molecule has 3 amide bonds. The number of hydrogen-bond acceptors (Lipinski definition) is 4. The third kappa shape index (κ3) is 5.46. The Labute approximate surface area is 120 Å². The van der Waals surface area contributed by atoms with Gasteiger partial charge in [0.25, 0.3) is 0 Å². The van der Waals surface area contributed by atoms with Crippen molar-refractivity contribution in [3.63, 3.8) is 0 Å². The topological polar surface area (TPSA) is 90.5 Å². The van der Waals surface area contributed by atoms with Crippen LogP contribution in [0, 0.1) is 5.92 Å². The van der Waals surface area contributed by atoms with Gasteiger partial charge in [0.2, 0.25) is 5.91 Å². The molecule has 0 bridgehead atoms. The molecule has 0 heterocycles. The first kappa shape index (κ1) is 16.9. The lowest BCUT2D eigenvalue weighted by molar-refractivity contribution is -0.122. The molecular formula is C14H27N3O3. The maximum Gasteiger partial charge on any atom is 0.321 e. The highest BCUT2D eigenvalue weighted by Gasteiger charge is 2.33. The van der Waals surface area contributed by atoms with Gasteiger partial charge in [0.1, 0.15) is 0 Å². The molecule has 3 atom stereocenters. The van der Waals surface area contributed by atoms with Gasteiger partial charge in [0, 0.05) is 13.1 Å². The molecule has 0 aromatic heterocycles. The summed E-state index contributed by atoms with van der Waals surface area (Å²) in [5, 5.41) is 18.2. The molecule has 116 valence electrons. The van der Waals surface area contributed by atoms with Crippen molar-refractivity contribution in [1.29, 1.82) is 0 Å². The minimum atomic E-state index is -0.738. The van der Waals surface area contributed by atoms with Crippen LogP contribution in [0.1, 0.15) is 46.5 Å². The third-order valence-corrected chi connectivity index (χ3v) is 3.77. The molecule has 1 saturated carbocycles. The van der Waals surface area contributed by atoms with E-state index in [1.807, 2.05) is 0 Å². The Balaban J connectivity index is 2.36. The second kappa shape index (κ2) is 7.59. The lowest BCUT2D eigenvalue weighted by Crippen LogP contribution is -2.52. The Bertz CT molecular complexity index is 349. The minimum Gasteiger partial charge on any atom is -0.389 e. The first-order valence-electron chi connectivity index (χ1n) is 7.41. The van der Waals surface area contributed by atoms with Gasteiger partial charge in [-0.3, -0.25) is 10.1 Å². The zero-order valence-corrected chi connectivity index (χ0v) is 12.7. The molecule has 6 nitrogen and oxygen atoms in total. The molecule has 0 spiro atoms. The Kier molecular flexibility index (Phi) is 6.42. The number of nitrogens with one attached hydrogen (secondary N) is 3. The third-order valence-electron chi connectivity index (χ3n) is 3.77. The van der Waals surface area contributed by atoms with Crippen molar-refractivity contribution in [3.8, 4) is 0 Å². The van der Waals surface area contributed by atoms with Gasteiger partial charge in [-0.2, -0.15) is 0 Å². The second-order valence-corrected chi connectivity index (χ2v) is 5.88. The lowest BCUT2D eigenvalue weighted by atomic mass is 9.79. The molecule has 3 unspecified atom stereocenters. The molecule has 20 heavy (non-hydrogen) atoms.